The van der Waals surface area contributed by atoms with Crippen molar-refractivity contribution in [2.24, 2.45) is 5.92 Å². The molecule has 2 unspecified atom stereocenters. The number of nitrogens with one attached hydrogen (secondary N) is 2. The number of methoxy groups -OCH3 is 1. The van der Waals surface area contributed by atoms with E-state index < -0.39 is 23.8 Å². The van der Waals surface area contributed by atoms with Crippen molar-refractivity contribution in [1.82, 2.24) is 15.5 Å². The quantitative estimate of drug-likeness (QED) is 0.627. The molecule has 3 rings (SSSR count). The number of hydrogen-bond acceptors (Lipinski definition) is 6. The zero-order valence-corrected chi connectivity index (χ0v) is 20.5. The highest BCUT2D eigenvalue weighted by molar-refractivity contribution is 5.87. The van der Waals surface area contributed by atoms with Crippen LogP contribution in [0.25, 0.3) is 0 Å². The van der Waals surface area contributed by atoms with Gasteiger partial charge in [0.05, 0.1) is 6.61 Å². The fourth-order valence-electron chi connectivity index (χ4n) is 4.73. The minimum absolute atomic E-state index is 0.00345. The second-order valence-electron chi connectivity index (χ2n) is 10.0. The van der Waals surface area contributed by atoms with E-state index in [1.165, 1.54) is 0 Å². The number of hydrogen-bond donors (Lipinski definition) is 2. The largest absolute Gasteiger partial charge is 0.445 e. The minimum Gasteiger partial charge on any atom is -0.445 e. The molecular formula is C25H37N3O6. The average Bonchev–Trinajstić information content (AvgIpc) is 3.12. The lowest BCUT2D eigenvalue weighted by molar-refractivity contribution is -0.133. The van der Waals surface area contributed by atoms with Crippen LogP contribution >= 0.6 is 0 Å². The van der Waals surface area contributed by atoms with Gasteiger partial charge in [0.15, 0.2) is 0 Å². The van der Waals surface area contributed by atoms with Gasteiger partial charge < -0.3 is 29.7 Å². The molecule has 3 amide bonds. The first-order valence-electron chi connectivity index (χ1n) is 11.9. The minimum atomic E-state index is -0.595. The Labute approximate surface area is 201 Å². The molecule has 1 aliphatic heterocycles. The lowest BCUT2D eigenvalue weighted by atomic mass is 9.81. The van der Waals surface area contributed by atoms with Crippen LogP contribution in [0.15, 0.2) is 30.3 Å². The molecule has 0 bridgehead atoms. The van der Waals surface area contributed by atoms with Gasteiger partial charge in [-0.2, -0.15) is 0 Å². The number of carbonyl (C=O) groups is 3. The summed E-state index contributed by atoms with van der Waals surface area (Å²) in [5.41, 5.74) is 0.329. The number of alkyl carbamates (subject to hydrolysis) is 2. The molecule has 188 valence electrons. The molecule has 9 heteroatoms. The van der Waals surface area contributed by atoms with Gasteiger partial charge in [0.1, 0.15) is 18.2 Å². The molecule has 1 saturated carbocycles. The maximum Gasteiger partial charge on any atom is 0.408 e. The summed E-state index contributed by atoms with van der Waals surface area (Å²) in [6, 6.07) is 8.77. The maximum absolute atomic E-state index is 13.1. The monoisotopic (exact) mass is 475 g/mol. The lowest BCUT2D eigenvalue weighted by Crippen LogP contribution is -2.52. The number of ether oxygens (including phenoxy) is 3. The second-order valence-corrected chi connectivity index (χ2v) is 10.0. The van der Waals surface area contributed by atoms with Crippen LogP contribution in [0.5, 0.6) is 0 Å². The van der Waals surface area contributed by atoms with Crippen LogP contribution in [0.1, 0.15) is 52.0 Å². The SMILES string of the molecule is COCC1C[C@H](NC(=O)OC(C)(C)C)CCC1N1CC[C@H](NC(=O)OCc2ccccc2)C1=O. The Hall–Kier alpha value is -2.81. The van der Waals surface area contributed by atoms with E-state index in [-0.39, 0.29) is 30.5 Å². The van der Waals surface area contributed by atoms with E-state index in [9.17, 15) is 14.4 Å². The molecule has 9 nitrogen and oxygen atoms in total. The van der Waals surface area contributed by atoms with E-state index in [2.05, 4.69) is 10.6 Å². The smallest absolute Gasteiger partial charge is 0.408 e. The first-order valence-corrected chi connectivity index (χ1v) is 11.9. The molecular weight excluding hydrogens is 438 g/mol. The Bertz CT molecular complexity index is 841. The summed E-state index contributed by atoms with van der Waals surface area (Å²) in [5.74, 6) is -0.0206. The van der Waals surface area contributed by atoms with Gasteiger partial charge in [0, 0.05) is 31.7 Å². The van der Waals surface area contributed by atoms with Crippen LogP contribution in [-0.2, 0) is 25.6 Å². The van der Waals surface area contributed by atoms with Gasteiger partial charge in [0.2, 0.25) is 5.91 Å². The van der Waals surface area contributed by atoms with Crippen molar-refractivity contribution in [3.05, 3.63) is 35.9 Å². The molecule has 1 aromatic carbocycles. The van der Waals surface area contributed by atoms with Gasteiger partial charge in [-0.3, -0.25) is 4.79 Å². The fourth-order valence-corrected chi connectivity index (χ4v) is 4.73. The number of amides is 3. The van der Waals surface area contributed by atoms with E-state index in [1.54, 1.807) is 7.11 Å². The summed E-state index contributed by atoms with van der Waals surface area (Å²) >= 11 is 0. The predicted octanol–water partition coefficient (Wildman–Crippen LogP) is 3.22. The van der Waals surface area contributed by atoms with Crippen molar-refractivity contribution in [3.63, 3.8) is 0 Å². The average molecular weight is 476 g/mol. The Kier molecular flexibility index (Phi) is 8.77. The Morgan fingerprint density at radius 2 is 1.79 bits per heavy atom. The number of benzene rings is 1. The third-order valence-corrected chi connectivity index (χ3v) is 6.19. The number of carbonyl (C=O) groups excluding carboxylic acids is 3. The highest BCUT2D eigenvalue weighted by Crippen LogP contribution is 2.32. The number of likely N-dealkylation sites (tertiary alicyclic amines) is 1. The van der Waals surface area contributed by atoms with Gasteiger partial charge in [-0.1, -0.05) is 30.3 Å². The van der Waals surface area contributed by atoms with Crippen molar-refractivity contribution >= 4 is 18.1 Å². The van der Waals surface area contributed by atoms with Crippen LogP contribution in [-0.4, -0.2) is 67.0 Å². The molecule has 2 aliphatic rings. The fraction of sp³-hybridized carbons (Fsp3) is 0.640. The Morgan fingerprint density at radius 3 is 2.47 bits per heavy atom. The molecule has 2 N–H and O–H groups in total. The van der Waals surface area contributed by atoms with Gasteiger partial charge in [-0.25, -0.2) is 9.59 Å². The molecule has 0 spiro atoms. The van der Waals surface area contributed by atoms with E-state index in [1.807, 2.05) is 56.0 Å². The van der Waals surface area contributed by atoms with Crippen molar-refractivity contribution in [1.29, 1.82) is 0 Å². The highest BCUT2D eigenvalue weighted by Gasteiger charge is 2.42. The number of rotatable bonds is 7. The lowest BCUT2D eigenvalue weighted by Gasteiger charge is -2.41. The van der Waals surface area contributed by atoms with Gasteiger partial charge in [-0.05, 0) is 52.0 Å². The van der Waals surface area contributed by atoms with Gasteiger partial charge >= 0.3 is 12.2 Å². The van der Waals surface area contributed by atoms with Gasteiger partial charge in [-0.15, -0.1) is 0 Å². The predicted molar refractivity (Wildman–Crippen MR) is 126 cm³/mol. The molecule has 4 atom stereocenters. The highest BCUT2D eigenvalue weighted by atomic mass is 16.6. The first-order chi connectivity index (χ1) is 16.2. The molecule has 1 aliphatic carbocycles. The molecule has 34 heavy (non-hydrogen) atoms. The van der Waals surface area contributed by atoms with Crippen LogP contribution in [0.2, 0.25) is 0 Å². The molecule has 1 aromatic rings. The molecule has 0 aromatic heterocycles. The molecule has 1 saturated heterocycles. The first kappa shape index (κ1) is 25.8. The zero-order chi connectivity index (χ0) is 24.7. The van der Waals surface area contributed by atoms with E-state index in [0.717, 1.165) is 18.4 Å². The summed E-state index contributed by atoms with van der Waals surface area (Å²) < 4.78 is 16.1. The summed E-state index contributed by atoms with van der Waals surface area (Å²) in [6.45, 7) is 6.70. The maximum atomic E-state index is 13.1. The van der Waals surface area contributed by atoms with E-state index in [4.69, 9.17) is 14.2 Å². The summed E-state index contributed by atoms with van der Waals surface area (Å²) in [7, 11) is 1.64. The van der Waals surface area contributed by atoms with E-state index in [0.29, 0.717) is 26.0 Å². The number of nitrogens with zero attached hydrogens (tertiary/aromatic N) is 1. The van der Waals surface area contributed by atoms with E-state index >= 15 is 0 Å². The van der Waals surface area contributed by atoms with Crippen LogP contribution < -0.4 is 10.6 Å². The zero-order valence-electron chi connectivity index (χ0n) is 20.5. The van der Waals surface area contributed by atoms with Crippen molar-refractivity contribution in [3.8, 4) is 0 Å². The third kappa shape index (κ3) is 7.35. The van der Waals surface area contributed by atoms with Crippen LogP contribution in [0.3, 0.4) is 0 Å². The summed E-state index contributed by atoms with van der Waals surface area (Å²) in [4.78, 5) is 39.4. The summed E-state index contributed by atoms with van der Waals surface area (Å²) in [5, 5.41) is 5.67. The van der Waals surface area contributed by atoms with Crippen LogP contribution in [0, 0.1) is 5.92 Å². The molecule has 0 radical (unpaired) electrons. The van der Waals surface area contributed by atoms with Crippen molar-refractivity contribution in [2.45, 2.75) is 76.8 Å². The third-order valence-electron chi connectivity index (χ3n) is 6.19. The topological polar surface area (TPSA) is 106 Å². The Morgan fingerprint density at radius 1 is 1.06 bits per heavy atom. The molecule has 2 fully saturated rings. The Balaban J connectivity index is 1.52. The second kappa shape index (κ2) is 11.6. The molecule has 1 heterocycles. The normalized spacial score (nSPS) is 25.1. The van der Waals surface area contributed by atoms with Crippen molar-refractivity contribution < 1.29 is 28.6 Å². The van der Waals surface area contributed by atoms with Crippen LogP contribution in [0.4, 0.5) is 9.59 Å². The summed E-state index contributed by atoms with van der Waals surface area (Å²) in [6.07, 6.45) is 1.69. The van der Waals surface area contributed by atoms with Crippen molar-refractivity contribution in [2.75, 3.05) is 20.3 Å². The van der Waals surface area contributed by atoms with Gasteiger partial charge in [0.25, 0.3) is 0 Å². The standard InChI is InChI=1S/C25H37N3O6/c1-25(2,3)34-24(31)26-19-10-11-21(18(14-19)16-32-4)28-13-12-20(22(28)29)27-23(30)33-15-17-8-6-5-7-9-17/h5-9,18-21H,10-16H2,1-4H3,(H,26,31)(H,27,30)/t18?,19-,20+,21?/m1/s1.